The number of fused-ring (bicyclic) bond motifs is 1. The fraction of sp³-hybridized carbons (Fsp3) is 0.261. The Balaban J connectivity index is 1.56. The van der Waals surface area contributed by atoms with Gasteiger partial charge in [-0.3, -0.25) is 14.2 Å². The van der Waals surface area contributed by atoms with Crippen LogP contribution in [0.1, 0.15) is 20.9 Å². The molecule has 4 rings (SSSR count). The monoisotopic (exact) mass is 437 g/mol. The molecule has 0 fully saturated rings. The topological polar surface area (TPSA) is 55.2 Å². The molecular weight excluding hydrogens is 414 g/mol. The molecule has 5 nitrogen and oxygen atoms in total. The summed E-state index contributed by atoms with van der Waals surface area (Å²) in [4.78, 5) is 35.4. The van der Waals surface area contributed by atoms with E-state index in [1.54, 1.807) is 11.3 Å². The number of rotatable bonds is 7. The summed E-state index contributed by atoms with van der Waals surface area (Å²) < 4.78 is 1.44. The van der Waals surface area contributed by atoms with Gasteiger partial charge >= 0.3 is 0 Å². The van der Waals surface area contributed by atoms with Gasteiger partial charge in [-0.25, -0.2) is 4.98 Å². The molecule has 7 heteroatoms. The molecule has 4 aromatic rings. The van der Waals surface area contributed by atoms with Crippen molar-refractivity contribution in [1.82, 2.24) is 14.5 Å². The van der Waals surface area contributed by atoms with Crippen LogP contribution < -0.4 is 5.56 Å². The second-order valence-electron chi connectivity index (χ2n) is 7.27. The Morgan fingerprint density at radius 1 is 1.13 bits per heavy atom. The summed E-state index contributed by atoms with van der Waals surface area (Å²) in [5.74, 6) is -0.0767. The van der Waals surface area contributed by atoms with E-state index < -0.39 is 0 Å². The summed E-state index contributed by atoms with van der Waals surface area (Å²) in [7, 11) is 0. The minimum Gasteiger partial charge on any atom is -0.336 e. The summed E-state index contributed by atoms with van der Waals surface area (Å²) >= 11 is 3.15. The number of nitrogens with zero attached hydrogens (tertiary/aromatic N) is 3. The molecule has 154 valence electrons. The highest BCUT2D eigenvalue weighted by atomic mass is 32.1. The van der Waals surface area contributed by atoms with Gasteiger partial charge in [0.05, 0.1) is 18.3 Å². The third kappa shape index (κ3) is 4.37. The van der Waals surface area contributed by atoms with Crippen molar-refractivity contribution in [3.05, 3.63) is 85.4 Å². The predicted octanol–water partition coefficient (Wildman–Crippen LogP) is 4.41. The molecule has 0 saturated heterocycles. The Labute approximate surface area is 183 Å². The molecule has 0 N–H and O–H groups in total. The number of hydrogen-bond donors (Lipinski definition) is 0. The van der Waals surface area contributed by atoms with E-state index in [2.05, 4.69) is 17.1 Å². The quantitative estimate of drug-likeness (QED) is 0.430. The lowest BCUT2D eigenvalue weighted by Crippen LogP contribution is -2.37. The van der Waals surface area contributed by atoms with E-state index in [-0.39, 0.29) is 18.0 Å². The summed E-state index contributed by atoms with van der Waals surface area (Å²) in [5, 5.41) is 2.64. The molecule has 0 aliphatic rings. The van der Waals surface area contributed by atoms with E-state index >= 15 is 0 Å². The van der Waals surface area contributed by atoms with Crippen molar-refractivity contribution in [3.63, 3.8) is 0 Å². The van der Waals surface area contributed by atoms with Crippen molar-refractivity contribution in [2.75, 3.05) is 6.54 Å². The first-order chi connectivity index (χ1) is 14.5. The minimum absolute atomic E-state index is 0.00370. The van der Waals surface area contributed by atoms with Gasteiger partial charge in [-0.1, -0.05) is 36.4 Å². The number of benzene rings is 1. The Kier molecular flexibility index (Phi) is 6.11. The van der Waals surface area contributed by atoms with Gasteiger partial charge in [0.25, 0.3) is 5.56 Å². The highest BCUT2D eigenvalue weighted by Gasteiger charge is 2.18. The summed E-state index contributed by atoms with van der Waals surface area (Å²) in [6.45, 7) is 5.07. The molecule has 0 bridgehead atoms. The molecule has 0 aliphatic carbocycles. The number of amides is 1. The SMILES string of the molecule is Cc1sc2ncn(CC(=O)N(CCc3ccccc3)Cc3cccs3)c(=O)c2c1C. The van der Waals surface area contributed by atoms with E-state index in [1.165, 1.54) is 27.8 Å². The number of hydrogen-bond acceptors (Lipinski definition) is 5. The maximum atomic E-state index is 13.2. The molecule has 0 radical (unpaired) electrons. The minimum atomic E-state index is -0.144. The number of carbonyl (C=O) groups excluding carboxylic acids is 1. The van der Waals surface area contributed by atoms with Gasteiger partial charge in [0.15, 0.2) is 0 Å². The molecule has 0 unspecified atom stereocenters. The highest BCUT2D eigenvalue weighted by molar-refractivity contribution is 7.18. The van der Waals surface area contributed by atoms with Gasteiger partial charge in [-0.15, -0.1) is 22.7 Å². The largest absolute Gasteiger partial charge is 0.336 e. The molecule has 0 atom stereocenters. The van der Waals surface area contributed by atoms with Gasteiger partial charge in [0, 0.05) is 16.3 Å². The average Bonchev–Trinajstić information content (AvgIpc) is 3.36. The lowest BCUT2D eigenvalue weighted by molar-refractivity contribution is -0.132. The molecule has 1 amide bonds. The van der Waals surface area contributed by atoms with Crippen LogP contribution in [0.15, 0.2) is 59.0 Å². The van der Waals surface area contributed by atoms with Crippen molar-refractivity contribution < 1.29 is 4.79 Å². The zero-order valence-electron chi connectivity index (χ0n) is 17.0. The Morgan fingerprint density at radius 2 is 1.93 bits per heavy atom. The van der Waals surface area contributed by atoms with Crippen LogP contribution in [0.2, 0.25) is 0 Å². The van der Waals surface area contributed by atoms with Crippen LogP contribution in [0.4, 0.5) is 0 Å². The first kappa shape index (κ1) is 20.5. The molecule has 0 saturated carbocycles. The van der Waals surface area contributed by atoms with Crippen LogP contribution in [-0.2, 0) is 24.3 Å². The Morgan fingerprint density at radius 3 is 2.67 bits per heavy atom. The van der Waals surface area contributed by atoms with E-state index in [1.807, 2.05) is 54.5 Å². The number of carbonyl (C=O) groups is 1. The number of thiophene rings is 2. The molecule has 30 heavy (non-hydrogen) atoms. The normalized spacial score (nSPS) is 11.1. The molecule has 0 aliphatic heterocycles. The van der Waals surface area contributed by atoms with Crippen LogP contribution >= 0.6 is 22.7 Å². The molecule has 0 spiro atoms. The zero-order valence-corrected chi connectivity index (χ0v) is 18.6. The summed E-state index contributed by atoms with van der Waals surface area (Å²) in [6.07, 6.45) is 2.27. The standard InChI is InChI=1S/C23H23N3O2S2/c1-16-17(2)30-22-21(16)23(28)26(15-24-22)14-20(27)25(13-19-9-6-12-29-19)11-10-18-7-4-3-5-8-18/h3-9,12,15H,10-11,13-14H2,1-2H3. The van der Waals surface area contributed by atoms with Gasteiger partial charge < -0.3 is 4.90 Å². The maximum Gasteiger partial charge on any atom is 0.262 e. The fourth-order valence-corrected chi connectivity index (χ4v) is 5.13. The first-order valence-corrected chi connectivity index (χ1v) is 11.5. The van der Waals surface area contributed by atoms with E-state index in [0.717, 1.165) is 26.6 Å². The summed E-state index contributed by atoms with van der Waals surface area (Å²) in [6, 6.07) is 14.2. The zero-order chi connectivity index (χ0) is 21.1. The maximum absolute atomic E-state index is 13.2. The molecule has 3 heterocycles. The van der Waals surface area contributed by atoms with Gasteiger partial charge in [-0.05, 0) is 42.8 Å². The van der Waals surface area contributed by atoms with Crippen molar-refractivity contribution in [2.45, 2.75) is 33.4 Å². The van der Waals surface area contributed by atoms with Crippen LogP contribution in [-0.4, -0.2) is 26.9 Å². The summed E-state index contributed by atoms with van der Waals surface area (Å²) in [5.41, 5.74) is 1.99. The molecule has 3 aromatic heterocycles. The van der Waals surface area contributed by atoms with Crippen LogP contribution in [0.5, 0.6) is 0 Å². The highest BCUT2D eigenvalue weighted by Crippen LogP contribution is 2.25. The lowest BCUT2D eigenvalue weighted by Gasteiger charge is -2.22. The average molecular weight is 438 g/mol. The van der Waals surface area contributed by atoms with Crippen molar-refractivity contribution >= 4 is 38.8 Å². The third-order valence-electron chi connectivity index (χ3n) is 5.25. The second kappa shape index (κ2) is 8.93. The van der Waals surface area contributed by atoms with Gasteiger partial charge in [0.1, 0.15) is 11.4 Å². The van der Waals surface area contributed by atoms with Crippen LogP contribution in [0.25, 0.3) is 10.2 Å². The van der Waals surface area contributed by atoms with Gasteiger partial charge in [-0.2, -0.15) is 0 Å². The van der Waals surface area contributed by atoms with Crippen LogP contribution in [0, 0.1) is 13.8 Å². The van der Waals surface area contributed by atoms with E-state index in [9.17, 15) is 9.59 Å². The fourth-order valence-electron chi connectivity index (χ4n) is 3.42. The smallest absolute Gasteiger partial charge is 0.262 e. The lowest BCUT2D eigenvalue weighted by atomic mass is 10.1. The molecule has 1 aromatic carbocycles. The van der Waals surface area contributed by atoms with Crippen molar-refractivity contribution in [1.29, 1.82) is 0 Å². The number of aromatic nitrogens is 2. The van der Waals surface area contributed by atoms with E-state index in [4.69, 9.17) is 0 Å². The van der Waals surface area contributed by atoms with E-state index in [0.29, 0.717) is 18.5 Å². The first-order valence-electron chi connectivity index (χ1n) is 9.82. The number of aryl methyl sites for hydroxylation is 2. The molecular formula is C23H23N3O2S2. The third-order valence-corrected chi connectivity index (χ3v) is 7.23. The van der Waals surface area contributed by atoms with Crippen molar-refractivity contribution in [3.8, 4) is 0 Å². The predicted molar refractivity (Wildman–Crippen MR) is 123 cm³/mol. The van der Waals surface area contributed by atoms with Gasteiger partial charge in [0.2, 0.25) is 5.91 Å². The van der Waals surface area contributed by atoms with Crippen LogP contribution in [0.3, 0.4) is 0 Å². The Bertz CT molecular complexity index is 1210. The van der Waals surface area contributed by atoms with Crippen molar-refractivity contribution in [2.24, 2.45) is 0 Å². The Hall–Kier alpha value is -2.77. The second-order valence-corrected chi connectivity index (χ2v) is 9.51.